The first kappa shape index (κ1) is 26.0. The van der Waals surface area contributed by atoms with E-state index in [0.29, 0.717) is 16.8 Å². The minimum Gasteiger partial charge on any atom is -0.310 e. The van der Waals surface area contributed by atoms with Crippen molar-refractivity contribution in [1.82, 2.24) is 0 Å². The molecule has 1 aliphatic carbocycles. The Morgan fingerprint density at radius 3 is 1.55 bits per heavy atom. The van der Waals surface area contributed by atoms with Crippen molar-refractivity contribution in [1.29, 1.82) is 0 Å². The Kier molecular flexibility index (Phi) is 6.36. The Balaban J connectivity index is 1.16. The van der Waals surface area contributed by atoms with Crippen LogP contribution in [0, 0.1) is 0 Å². The lowest BCUT2D eigenvalue weighted by molar-refractivity contribution is 0.660. The molecule has 0 fully saturated rings. The van der Waals surface area contributed by atoms with Crippen molar-refractivity contribution in [2.24, 2.45) is 0 Å². The van der Waals surface area contributed by atoms with E-state index in [-0.39, 0.29) is 70.8 Å². The van der Waals surface area contributed by atoms with Gasteiger partial charge in [0.1, 0.15) is 0 Å². The van der Waals surface area contributed by atoms with Gasteiger partial charge in [0.15, 0.2) is 0 Å². The van der Waals surface area contributed by atoms with Crippen LogP contribution < -0.4 is 4.90 Å². The van der Waals surface area contributed by atoms with E-state index in [1.807, 2.05) is 109 Å². The molecule has 1 aliphatic rings. The summed E-state index contributed by atoms with van der Waals surface area (Å²) in [6.45, 7) is 4.24. The van der Waals surface area contributed by atoms with Crippen LogP contribution in [0.15, 0.2) is 212 Å². The Bertz CT molecular complexity index is 3280. The second-order valence-corrected chi connectivity index (χ2v) is 14.8. The van der Waals surface area contributed by atoms with Crippen molar-refractivity contribution in [3.63, 3.8) is 0 Å². The lowest BCUT2D eigenvalue weighted by Gasteiger charge is -2.28. The molecule has 0 radical (unpaired) electrons. The first-order chi connectivity index (χ1) is 30.8. The summed E-state index contributed by atoms with van der Waals surface area (Å²) in [5, 5.41) is 2.17. The molecule has 0 saturated heterocycles. The Morgan fingerprint density at radius 1 is 0.339 bits per heavy atom. The second-order valence-electron chi connectivity index (χ2n) is 14.8. The van der Waals surface area contributed by atoms with E-state index in [1.165, 1.54) is 4.90 Å². The zero-order chi connectivity index (χ0) is 44.6. The van der Waals surface area contributed by atoms with Gasteiger partial charge >= 0.3 is 0 Å². The van der Waals surface area contributed by atoms with Crippen molar-refractivity contribution in [2.45, 2.75) is 19.3 Å². The van der Waals surface area contributed by atoms with Gasteiger partial charge < -0.3 is 4.90 Å². The smallest absolute Gasteiger partial charge is 0.0645 e. The molecule has 0 aromatic heterocycles. The van der Waals surface area contributed by atoms with Crippen molar-refractivity contribution in [2.75, 3.05) is 4.90 Å². The summed E-state index contributed by atoms with van der Waals surface area (Å²) < 4.78 is 76.4. The lowest BCUT2D eigenvalue weighted by Crippen LogP contribution is -2.16. The summed E-state index contributed by atoms with van der Waals surface area (Å²) >= 11 is 0. The maximum absolute atomic E-state index is 9.66. The third-order valence-corrected chi connectivity index (χ3v) is 11.0. The molecule has 10 rings (SSSR count). The van der Waals surface area contributed by atoms with Crippen LogP contribution in [0.3, 0.4) is 0 Å². The van der Waals surface area contributed by atoms with Gasteiger partial charge in [-0.1, -0.05) is 178 Å². The Hall–Kier alpha value is -6.96. The van der Waals surface area contributed by atoms with Gasteiger partial charge in [-0.3, -0.25) is 0 Å². The highest BCUT2D eigenvalue weighted by Gasteiger charge is 2.35. The summed E-state index contributed by atoms with van der Waals surface area (Å²) in [7, 11) is 0. The van der Waals surface area contributed by atoms with Crippen molar-refractivity contribution < 1.29 is 11.0 Å². The molecule has 0 N–H and O–H groups in total. The highest BCUT2D eigenvalue weighted by Crippen LogP contribution is 2.50. The molecule has 0 bridgehead atoms. The predicted octanol–water partition coefficient (Wildman–Crippen LogP) is 15.3. The fraction of sp³-hybridized carbons (Fsp3) is 0.0545. The molecule has 1 nitrogen and oxygen atoms in total. The average molecular weight is 724 g/mol. The van der Waals surface area contributed by atoms with Gasteiger partial charge in [-0.15, -0.1) is 0 Å². The maximum Gasteiger partial charge on any atom is 0.0645 e. The molecular formula is C55H41N. The molecule has 0 spiro atoms. The molecule has 56 heavy (non-hydrogen) atoms. The number of hydrogen-bond acceptors (Lipinski definition) is 1. The third-order valence-electron chi connectivity index (χ3n) is 11.0. The highest BCUT2D eigenvalue weighted by molar-refractivity contribution is 5.89. The van der Waals surface area contributed by atoms with E-state index in [2.05, 4.69) is 44.2 Å². The van der Waals surface area contributed by atoms with Gasteiger partial charge in [0.25, 0.3) is 0 Å². The molecule has 0 saturated carbocycles. The van der Waals surface area contributed by atoms with Gasteiger partial charge in [0, 0.05) is 22.5 Å². The van der Waals surface area contributed by atoms with Gasteiger partial charge in [-0.25, -0.2) is 0 Å². The molecule has 0 aliphatic heterocycles. The molecule has 0 unspecified atom stereocenters. The van der Waals surface area contributed by atoms with Crippen LogP contribution in [0.1, 0.15) is 35.9 Å². The fourth-order valence-electron chi connectivity index (χ4n) is 8.01. The van der Waals surface area contributed by atoms with Crippen LogP contribution in [0.4, 0.5) is 17.1 Å². The maximum atomic E-state index is 9.66. The number of hydrogen-bond donors (Lipinski definition) is 0. The summed E-state index contributed by atoms with van der Waals surface area (Å²) in [5.41, 5.74) is 8.68. The number of rotatable bonds is 7. The number of benzene rings is 9. The van der Waals surface area contributed by atoms with Crippen LogP contribution in [-0.4, -0.2) is 0 Å². The number of nitrogens with zero attached hydrogens (tertiary/aromatic N) is 1. The first-order valence-electron chi connectivity index (χ1n) is 22.9. The topological polar surface area (TPSA) is 3.24 Å². The second kappa shape index (κ2) is 13.7. The van der Waals surface area contributed by atoms with E-state index in [0.717, 1.165) is 55.3 Å². The summed E-state index contributed by atoms with van der Waals surface area (Å²) in [6.07, 6.45) is 0. The number of anilines is 3. The third kappa shape index (κ3) is 5.99. The van der Waals surface area contributed by atoms with Gasteiger partial charge in [0.05, 0.1) is 11.0 Å². The lowest BCUT2D eigenvalue weighted by atomic mass is 9.82. The molecule has 0 atom stereocenters. The monoisotopic (exact) mass is 723 g/mol. The van der Waals surface area contributed by atoms with E-state index in [4.69, 9.17) is 0 Å². The van der Waals surface area contributed by atoms with Crippen molar-refractivity contribution >= 4 is 27.8 Å². The normalized spacial score (nSPS) is 14.6. The molecule has 9 aromatic carbocycles. The van der Waals surface area contributed by atoms with Crippen molar-refractivity contribution in [3.8, 4) is 55.6 Å². The van der Waals surface area contributed by atoms with Gasteiger partial charge in [0.2, 0.25) is 0 Å². The minimum atomic E-state index is -0.465. The average Bonchev–Trinajstić information content (AvgIpc) is 3.55. The summed E-state index contributed by atoms with van der Waals surface area (Å²) in [6, 6.07) is 50.0. The molecule has 0 heterocycles. The van der Waals surface area contributed by atoms with Gasteiger partial charge in [-0.05, 0) is 126 Å². The van der Waals surface area contributed by atoms with E-state index < -0.39 is 5.41 Å². The molecule has 9 aromatic rings. The molecule has 266 valence electrons. The summed E-state index contributed by atoms with van der Waals surface area (Å²) in [5.74, 6) is 0. The first-order valence-corrected chi connectivity index (χ1v) is 18.9. The van der Waals surface area contributed by atoms with Gasteiger partial charge in [-0.2, -0.15) is 0 Å². The molecule has 1 heteroatoms. The Morgan fingerprint density at radius 2 is 0.839 bits per heavy atom. The quantitative estimate of drug-likeness (QED) is 0.158. The fourth-order valence-corrected chi connectivity index (χ4v) is 8.01. The predicted molar refractivity (Wildman–Crippen MR) is 238 cm³/mol. The van der Waals surface area contributed by atoms with Crippen LogP contribution in [0.5, 0.6) is 0 Å². The van der Waals surface area contributed by atoms with E-state index in [9.17, 15) is 11.0 Å². The minimum absolute atomic E-state index is 0.112. The van der Waals surface area contributed by atoms with Crippen LogP contribution in [0.25, 0.3) is 66.4 Å². The van der Waals surface area contributed by atoms with E-state index in [1.54, 1.807) is 24.3 Å². The summed E-state index contributed by atoms with van der Waals surface area (Å²) in [4.78, 5) is 1.40. The SMILES string of the molecule is [2H]c1c([2H])c(N(c2ccc3c(c2)C(C)(C)c2ccccc2-3)c2c([2H])c([2H])c(-c3cccc(-c4ccc5ccccc5c4)c3)c([2H])c2[2H])c([2H])c([2H])c1-c1ccc(-c2ccccc2)cc1. The zero-order valence-corrected chi connectivity index (χ0v) is 31.0. The molecular weight excluding hydrogens is 675 g/mol. The zero-order valence-electron chi connectivity index (χ0n) is 39.0. The van der Waals surface area contributed by atoms with Crippen molar-refractivity contribution in [3.05, 3.63) is 223 Å². The van der Waals surface area contributed by atoms with Crippen LogP contribution in [0.2, 0.25) is 0 Å². The van der Waals surface area contributed by atoms with E-state index >= 15 is 0 Å². The number of fused-ring (bicyclic) bond motifs is 4. The molecule has 0 amide bonds. The Labute approximate surface area is 341 Å². The largest absolute Gasteiger partial charge is 0.310 e. The standard InChI is InChI=1S/C55H41N/c1-55(2)53-18-9-8-17-51(53)52-34-33-50(37-54(52)55)56(48-29-25-42(26-30-48)41-21-19-40(20-22-41)38-11-4-3-5-12-38)49-31-27-43(28-32-49)45-15-10-16-46(35-45)47-24-23-39-13-6-7-14-44(39)36-47/h3-37H,1-2H3/i25D,26D,27D,28D,29D,30D,31D,32D. The highest BCUT2D eigenvalue weighted by atomic mass is 15.1. The van der Waals surface area contributed by atoms with Crippen LogP contribution in [-0.2, 0) is 5.41 Å². The van der Waals surface area contributed by atoms with Crippen LogP contribution >= 0.6 is 0 Å².